The molecular formula is C10H14BrNOS. The lowest BCUT2D eigenvalue weighted by atomic mass is 10.1. The molecule has 0 aliphatic heterocycles. The highest BCUT2D eigenvalue weighted by molar-refractivity contribution is 9.10. The van der Waals surface area contributed by atoms with Crippen molar-refractivity contribution in [2.24, 2.45) is 5.73 Å². The number of hydrogen-bond acceptors (Lipinski definition) is 3. The Bertz CT molecular complexity index is 306. The van der Waals surface area contributed by atoms with E-state index in [1.165, 1.54) is 0 Å². The zero-order valence-electron chi connectivity index (χ0n) is 8.29. The van der Waals surface area contributed by atoms with Crippen LogP contribution in [0.5, 0.6) is 5.75 Å². The third-order valence-corrected chi connectivity index (χ3v) is 3.26. The number of nitrogens with two attached hydrogens (primary N) is 1. The Balaban J connectivity index is 2.85. The molecule has 1 rings (SSSR count). The van der Waals surface area contributed by atoms with Crippen LogP contribution in [0.3, 0.4) is 0 Å². The van der Waals surface area contributed by atoms with Crippen molar-refractivity contribution in [1.82, 2.24) is 0 Å². The van der Waals surface area contributed by atoms with Crippen LogP contribution in [-0.2, 0) is 0 Å². The van der Waals surface area contributed by atoms with Crippen LogP contribution in [-0.4, -0.2) is 19.1 Å². The largest absolute Gasteiger partial charge is 0.496 e. The van der Waals surface area contributed by atoms with Crippen molar-refractivity contribution in [2.75, 3.05) is 19.1 Å². The smallest absolute Gasteiger partial charge is 0.133 e. The lowest BCUT2D eigenvalue weighted by molar-refractivity contribution is 0.412. The molecule has 0 amide bonds. The van der Waals surface area contributed by atoms with Gasteiger partial charge >= 0.3 is 0 Å². The molecule has 0 aromatic heterocycles. The first-order valence-electron chi connectivity index (χ1n) is 4.27. The fourth-order valence-corrected chi connectivity index (χ4v) is 2.30. The van der Waals surface area contributed by atoms with Gasteiger partial charge in [0.1, 0.15) is 5.75 Å². The third kappa shape index (κ3) is 2.90. The van der Waals surface area contributed by atoms with Crippen LogP contribution in [0.1, 0.15) is 11.6 Å². The van der Waals surface area contributed by atoms with Crippen LogP contribution >= 0.6 is 27.7 Å². The molecule has 1 unspecified atom stereocenters. The van der Waals surface area contributed by atoms with Gasteiger partial charge in [0.25, 0.3) is 0 Å². The van der Waals surface area contributed by atoms with Gasteiger partial charge in [-0.1, -0.05) is 6.07 Å². The summed E-state index contributed by atoms with van der Waals surface area (Å²) in [6, 6.07) is 6.04. The monoisotopic (exact) mass is 275 g/mol. The zero-order valence-corrected chi connectivity index (χ0v) is 10.7. The van der Waals surface area contributed by atoms with E-state index in [0.29, 0.717) is 0 Å². The van der Waals surface area contributed by atoms with Crippen LogP contribution in [0.25, 0.3) is 0 Å². The van der Waals surface area contributed by atoms with Gasteiger partial charge in [0.05, 0.1) is 11.6 Å². The molecule has 1 aromatic carbocycles. The first-order chi connectivity index (χ1) is 6.69. The van der Waals surface area contributed by atoms with Crippen molar-refractivity contribution in [2.45, 2.75) is 6.04 Å². The highest BCUT2D eigenvalue weighted by Gasteiger charge is 2.07. The van der Waals surface area contributed by atoms with Gasteiger partial charge in [-0.15, -0.1) is 0 Å². The molecule has 2 nitrogen and oxygen atoms in total. The van der Waals surface area contributed by atoms with Gasteiger partial charge in [0.15, 0.2) is 0 Å². The van der Waals surface area contributed by atoms with Crippen molar-refractivity contribution in [3.8, 4) is 5.75 Å². The Hall–Kier alpha value is -0.190. The molecule has 1 aromatic rings. The summed E-state index contributed by atoms with van der Waals surface area (Å²) in [4.78, 5) is 0. The maximum atomic E-state index is 5.98. The maximum absolute atomic E-state index is 5.98. The number of ether oxygens (including phenoxy) is 1. The SMILES string of the molecule is COc1ccc(C(N)CSC)cc1Br. The predicted molar refractivity (Wildman–Crippen MR) is 66.0 cm³/mol. The highest BCUT2D eigenvalue weighted by Crippen LogP contribution is 2.28. The van der Waals surface area contributed by atoms with Crippen molar-refractivity contribution in [3.63, 3.8) is 0 Å². The highest BCUT2D eigenvalue weighted by atomic mass is 79.9. The van der Waals surface area contributed by atoms with Crippen molar-refractivity contribution >= 4 is 27.7 Å². The van der Waals surface area contributed by atoms with Crippen molar-refractivity contribution in [3.05, 3.63) is 28.2 Å². The number of halogens is 1. The minimum Gasteiger partial charge on any atom is -0.496 e. The molecule has 0 heterocycles. The Labute approximate surface area is 97.3 Å². The van der Waals surface area contributed by atoms with E-state index in [9.17, 15) is 0 Å². The van der Waals surface area contributed by atoms with Gasteiger partial charge < -0.3 is 10.5 Å². The molecular weight excluding hydrogens is 262 g/mol. The van der Waals surface area contributed by atoms with Crippen LogP contribution in [0, 0.1) is 0 Å². The Morgan fingerprint density at radius 3 is 2.79 bits per heavy atom. The maximum Gasteiger partial charge on any atom is 0.133 e. The predicted octanol–water partition coefficient (Wildman–Crippen LogP) is 2.82. The molecule has 14 heavy (non-hydrogen) atoms. The third-order valence-electron chi connectivity index (χ3n) is 1.95. The molecule has 0 fully saturated rings. The quantitative estimate of drug-likeness (QED) is 0.918. The van der Waals surface area contributed by atoms with Crippen molar-refractivity contribution < 1.29 is 4.74 Å². The van der Waals surface area contributed by atoms with Gasteiger partial charge in [-0.2, -0.15) is 11.8 Å². The van der Waals surface area contributed by atoms with E-state index >= 15 is 0 Å². The Kier molecular flexibility index (Phi) is 4.78. The number of thioether (sulfide) groups is 1. The van der Waals surface area contributed by atoms with Gasteiger partial charge in [0, 0.05) is 11.8 Å². The van der Waals surface area contributed by atoms with E-state index in [2.05, 4.69) is 22.2 Å². The molecule has 0 saturated heterocycles. The number of benzene rings is 1. The number of rotatable bonds is 4. The molecule has 0 radical (unpaired) electrons. The number of hydrogen-bond donors (Lipinski definition) is 1. The summed E-state index contributed by atoms with van der Waals surface area (Å²) in [7, 11) is 1.65. The van der Waals surface area contributed by atoms with E-state index in [1.54, 1.807) is 18.9 Å². The molecule has 1 atom stereocenters. The topological polar surface area (TPSA) is 35.2 Å². The summed E-state index contributed by atoms with van der Waals surface area (Å²) < 4.78 is 6.10. The summed E-state index contributed by atoms with van der Waals surface area (Å²) in [6.07, 6.45) is 2.05. The molecule has 0 spiro atoms. The normalized spacial score (nSPS) is 12.6. The minimum absolute atomic E-state index is 0.0900. The average molecular weight is 276 g/mol. The summed E-state index contributed by atoms with van der Waals surface area (Å²) in [5.41, 5.74) is 7.11. The summed E-state index contributed by atoms with van der Waals surface area (Å²) in [6.45, 7) is 0. The molecule has 78 valence electrons. The summed E-state index contributed by atoms with van der Waals surface area (Å²) in [5.74, 6) is 1.77. The molecule has 0 saturated carbocycles. The zero-order chi connectivity index (χ0) is 10.6. The van der Waals surface area contributed by atoms with Gasteiger partial charge in [0.2, 0.25) is 0 Å². The first kappa shape index (κ1) is 11.9. The summed E-state index contributed by atoms with van der Waals surface area (Å²) in [5, 5.41) is 0. The van der Waals surface area contributed by atoms with Crippen LogP contribution in [0.4, 0.5) is 0 Å². The standard InChI is InChI=1S/C10H14BrNOS/c1-13-10-4-3-7(5-8(10)11)9(12)6-14-2/h3-5,9H,6,12H2,1-2H3. The van der Waals surface area contributed by atoms with E-state index in [-0.39, 0.29) is 6.04 Å². The minimum atomic E-state index is 0.0900. The first-order valence-corrected chi connectivity index (χ1v) is 6.45. The van der Waals surface area contributed by atoms with E-state index in [0.717, 1.165) is 21.5 Å². The van der Waals surface area contributed by atoms with Crippen molar-refractivity contribution in [1.29, 1.82) is 0 Å². The van der Waals surface area contributed by atoms with Crippen LogP contribution in [0.15, 0.2) is 22.7 Å². The fraction of sp³-hybridized carbons (Fsp3) is 0.400. The Morgan fingerprint density at radius 2 is 2.29 bits per heavy atom. The fourth-order valence-electron chi connectivity index (χ4n) is 1.19. The van der Waals surface area contributed by atoms with Crippen LogP contribution < -0.4 is 10.5 Å². The molecule has 0 aliphatic rings. The molecule has 0 aliphatic carbocycles. The Morgan fingerprint density at radius 1 is 1.57 bits per heavy atom. The molecule has 4 heteroatoms. The molecule has 0 bridgehead atoms. The van der Waals surface area contributed by atoms with Gasteiger partial charge in [-0.05, 0) is 39.9 Å². The van der Waals surface area contributed by atoms with E-state index in [1.807, 2.05) is 18.2 Å². The van der Waals surface area contributed by atoms with E-state index < -0.39 is 0 Å². The number of methoxy groups -OCH3 is 1. The lowest BCUT2D eigenvalue weighted by Crippen LogP contribution is -2.12. The van der Waals surface area contributed by atoms with Gasteiger partial charge in [-0.25, -0.2) is 0 Å². The van der Waals surface area contributed by atoms with Crippen LogP contribution in [0.2, 0.25) is 0 Å². The molecule has 2 N–H and O–H groups in total. The van der Waals surface area contributed by atoms with Gasteiger partial charge in [-0.3, -0.25) is 0 Å². The average Bonchev–Trinajstić information content (AvgIpc) is 2.18. The summed E-state index contributed by atoms with van der Waals surface area (Å²) >= 11 is 5.19. The second kappa shape index (κ2) is 5.63. The second-order valence-electron chi connectivity index (χ2n) is 2.96. The second-order valence-corrected chi connectivity index (χ2v) is 4.72. The van der Waals surface area contributed by atoms with E-state index in [4.69, 9.17) is 10.5 Å². The lowest BCUT2D eigenvalue weighted by Gasteiger charge is -2.12.